The van der Waals surface area contributed by atoms with Gasteiger partial charge in [-0.05, 0) is 54.8 Å². The van der Waals surface area contributed by atoms with Crippen LogP contribution in [0.3, 0.4) is 0 Å². The lowest BCUT2D eigenvalue weighted by molar-refractivity contribution is 1.11. The molecule has 2 heterocycles. The Bertz CT molecular complexity index is 771. The van der Waals surface area contributed by atoms with Crippen LogP contribution in [0.5, 0.6) is 0 Å². The Morgan fingerprint density at radius 1 is 1.05 bits per heavy atom. The van der Waals surface area contributed by atoms with E-state index in [0.717, 1.165) is 28.2 Å². The summed E-state index contributed by atoms with van der Waals surface area (Å²) in [7, 11) is 0. The van der Waals surface area contributed by atoms with Gasteiger partial charge in [0.25, 0.3) is 0 Å². The van der Waals surface area contributed by atoms with E-state index in [0.29, 0.717) is 5.82 Å². The monoisotopic (exact) mass is 252 g/mol. The third-order valence-electron chi connectivity index (χ3n) is 3.47. The molecule has 0 radical (unpaired) electrons. The predicted octanol–water partition coefficient (Wildman–Crippen LogP) is 2.78. The number of fused-ring (bicyclic) bond motifs is 1. The molecular formula is C15H16N4. The second-order valence-electron chi connectivity index (χ2n) is 4.80. The van der Waals surface area contributed by atoms with Crippen molar-refractivity contribution >= 4 is 17.2 Å². The molecule has 4 N–H and O–H groups in total. The second-order valence-corrected chi connectivity index (χ2v) is 4.80. The molecule has 4 heteroatoms. The Morgan fingerprint density at radius 3 is 2.63 bits per heavy atom. The first-order valence-electron chi connectivity index (χ1n) is 6.17. The van der Waals surface area contributed by atoms with Gasteiger partial charge in [-0.25, -0.2) is 4.98 Å². The highest BCUT2D eigenvalue weighted by Crippen LogP contribution is 2.27. The van der Waals surface area contributed by atoms with Gasteiger partial charge in [0.05, 0.1) is 5.69 Å². The van der Waals surface area contributed by atoms with E-state index >= 15 is 0 Å². The lowest BCUT2D eigenvalue weighted by Crippen LogP contribution is -1.93. The molecule has 0 bridgehead atoms. The standard InChI is InChI=1S/C15H16N4/c1-9-3-5-12(16)7-13(9)11-4-6-14-18-15(17)10(2)19(14)8-11/h3-8H,16-17H2,1-2H3. The van der Waals surface area contributed by atoms with Crippen molar-refractivity contribution in [3.05, 3.63) is 47.8 Å². The van der Waals surface area contributed by atoms with Gasteiger partial charge < -0.3 is 15.9 Å². The number of imidazole rings is 1. The van der Waals surface area contributed by atoms with Crippen LogP contribution in [0, 0.1) is 13.8 Å². The zero-order valence-corrected chi connectivity index (χ0v) is 11.0. The molecule has 0 fully saturated rings. The van der Waals surface area contributed by atoms with Crippen molar-refractivity contribution in [2.75, 3.05) is 11.5 Å². The Labute approximate surface area is 111 Å². The SMILES string of the molecule is Cc1ccc(N)cc1-c1ccc2nc(N)c(C)n2c1. The van der Waals surface area contributed by atoms with E-state index in [-0.39, 0.29) is 0 Å². The van der Waals surface area contributed by atoms with Crippen LogP contribution in [-0.2, 0) is 0 Å². The summed E-state index contributed by atoms with van der Waals surface area (Å²) >= 11 is 0. The maximum absolute atomic E-state index is 5.87. The number of rotatable bonds is 1. The van der Waals surface area contributed by atoms with Crippen molar-refractivity contribution in [3.63, 3.8) is 0 Å². The molecule has 3 aromatic rings. The fourth-order valence-corrected chi connectivity index (χ4v) is 2.29. The number of pyridine rings is 1. The predicted molar refractivity (Wildman–Crippen MR) is 78.9 cm³/mol. The summed E-state index contributed by atoms with van der Waals surface area (Å²) in [5.74, 6) is 0.571. The van der Waals surface area contributed by atoms with Crippen LogP contribution in [0.15, 0.2) is 36.5 Å². The Hall–Kier alpha value is -2.49. The van der Waals surface area contributed by atoms with Crippen LogP contribution >= 0.6 is 0 Å². The Kier molecular flexibility index (Phi) is 2.45. The normalized spacial score (nSPS) is 11.1. The van der Waals surface area contributed by atoms with E-state index in [9.17, 15) is 0 Å². The number of nitrogens with zero attached hydrogens (tertiary/aromatic N) is 2. The number of aromatic nitrogens is 2. The maximum atomic E-state index is 5.87. The number of hydrogen-bond donors (Lipinski definition) is 2. The highest BCUT2D eigenvalue weighted by molar-refractivity contribution is 5.72. The van der Waals surface area contributed by atoms with Crippen LogP contribution < -0.4 is 11.5 Å². The molecule has 19 heavy (non-hydrogen) atoms. The van der Waals surface area contributed by atoms with Gasteiger partial charge >= 0.3 is 0 Å². The van der Waals surface area contributed by atoms with E-state index in [4.69, 9.17) is 11.5 Å². The number of anilines is 2. The molecule has 2 aromatic heterocycles. The van der Waals surface area contributed by atoms with Gasteiger partial charge in [-0.2, -0.15) is 0 Å². The van der Waals surface area contributed by atoms with E-state index < -0.39 is 0 Å². The fourth-order valence-electron chi connectivity index (χ4n) is 2.29. The van der Waals surface area contributed by atoms with Crippen LogP contribution in [0.2, 0.25) is 0 Å². The highest BCUT2D eigenvalue weighted by atomic mass is 15.1. The van der Waals surface area contributed by atoms with Gasteiger partial charge in [0.1, 0.15) is 11.5 Å². The molecule has 0 unspecified atom stereocenters. The van der Waals surface area contributed by atoms with Gasteiger partial charge in [-0.15, -0.1) is 0 Å². The van der Waals surface area contributed by atoms with E-state index in [1.165, 1.54) is 5.56 Å². The molecule has 0 aliphatic carbocycles. The molecule has 0 aliphatic rings. The lowest BCUT2D eigenvalue weighted by Gasteiger charge is -2.08. The van der Waals surface area contributed by atoms with Gasteiger partial charge in [0.15, 0.2) is 0 Å². The van der Waals surface area contributed by atoms with Crippen molar-refractivity contribution < 1.29 is 0 Å². The van der Waals surface area contributed by atoms with Crippen molar-refractivity contribution in [3.8, 4) is 11.1 Å². The third-order valence-corrected chi connectivity index (χ3v) is 3.47. The van der Waals surface area contributed by atoms with Crippen LogP contribution in [0.1, 0.15) is 11.3 Å². The smallest absolute Gasteiger partial charge is 0.145 e. The van der Waals surface area contributed by atoms with Crippen LogP contribution in [0.4, 0.5) is 11.5 Å². The number of hydrogen-bond acceptors (Lipinski definition) is 3. The minimum absolute atomic E-state index is 0.571. The summed E-state index contributed by atoms with van der Waals surface area (Å²) in [6, 6.07) is 9.96. The first-order valence-corrected chi connectivity index (χ1v) is 6.17. The zero-order chi connectivity index (χ0) is 13.6. The summed E-state index contributed by atoms with van der Waals surface area (Å²) in [5, 5.41) is 0. The van der Waals surface area contributed by atoms with Gasteiger partial charge in [0.2, 0.25) is 0 Å². The molecule has 96 valence electrons. The molecule has 0 atom stereocenters. The molecule has 0 amide bonds. The first kappa shape index (κ1) is 11.6. The third kappa shape index (κ3) is 1.81. The van der Waals surface area contributed by atoms with Crippen LogP contribution in [-0.4, -0.2) is 9.38 Å². The topological polar surface area (TPSA) is 69.3 Å². The average Bonchev–Trinajstić information content (AvgIpc) is 2.68. The van der Waals surface area contributed by atoms with E-state index in [2.05, 4.69) is 18.1 Å². The van der Waals surface area contributed by atoms with Crippen molar-refractivity contribution in [2.24, 2.45) is 0 Å². The number of aryl methyl sites for hydroxylation is 2. The minimum Gasteiger partial charge on any atom is -0.399 e. The first-order chi connectivity index (χ1) is 9.06. The Morgan fingerprint density at radius 2 is 1.84 bits per heavy atom. The largest absolute Gasteiger partial charge is 0.399 e. The molecule has 1 aromatic carbocycles. The lowest BCUT2D eigenvalue weighted by atomic mass is 10.0. The minimum atomic E-state index is 0.571. The van der Waals surface area contributed by atoms with E-state index in [1.54, 1.807) is 0 Å². The molecule has 0 spiro atoms. The number of nitrogens with two attached hydrogens (primary N) is 2. The van der Waals surface area contributed by atoms with Gasteiger partial charge in [-0.3, -0.25) is 0 Å². The van der Waals surface area contributed by atoms with Gasteiger partial charge in [0, 0.05) is 11.9 Å². The Balaban J connectivity index is 2.25. The van der Waals surface area contributed by atoms with E-state index in [1.807, 2.05) is 41.7 Å². The molecular weight excluding hydrogens is 236 g/mol. The summed E-state index contributed by atoms with van der Waals surface area (Å²) in [6.07, 6.45) is 2.05. The molecule has 0 saturated carbocycles. The maximum Gasteiger partial charge on any atom is 0.145 e. The summed E-state index contributed by atoms with van der Waals surface area (Å²) in [6.45, 7) is 4.04. The quantitative estimate of drug-likeness (QED) is 0.654. The van der Waals surface area contributed by atoms with Crippen molar-refractivity contribution in [1.29, 1.82) is 0 Å². The fraction of sp³-hybridized carbons (Fsp3) is 0.133. The van der Waals surface area contributed by atoms with Crippen LogP contribution in [0.25, 0.3) is 16.8 Å². The number of benzene rings is 1. The van der Waals surface area contributed by atoms with Gasteiger partial charge in [-0.1, -0.05) is 6.07 Å². The second kappa shape index (κ2) is 4.02. The molecule has 4 nitrogen and oxygen atoms in total. The highest BCUT2D eigenvalue weighted by Gasteiger charge is 2.08. The van der Waals surface area contributed by atoms with Crippen molar-refractivity contribution in [2.45, 2.75) is 13.8 Å². The zero-order valence-electron chi connectivity index (χ0n) is 11.0. The molecule has 0 saturated heterocycles. The summed E-state index contributed by atoms with van der Waals surface area (Å²) in [4.78, 5) is 4.30. The summed E-state index contributed by atoms with van der Waals surface area (Å²) < 4.78 is 2.01. The molecule has 0 aliphatic heterocycles. The average molecular weight is 252 g/mol. The van der Waals surface area contributed by atoms with Crippen molar-refractivity contribution in [1.82, 2.24) is 9.38 Å². The molecule has 3 rings (SSSR count). The summed E-state index contributed by atoms with van der Waals surface area (Å²) in [5.41, 5.74) is 17.7. The number of nitrogen functional groups attached to an aromatic ring is 2.